The minimum Gasteiger partial charge on any atom is -0.462 e. The third-order valence-electron chi connectivity index (χ3n) is 2.23. The number of fused-ring (bicyclic) bond motifs is 1. The molecule has 0 aliphatic carbocycles. The number of rotatable bonds is 3. The predicted molar refractivity (Wildman–Crippen MR) is 59.8 cm³/mol. The Kier molecular flexibility index (Phi) is 3.42. The van der Waals surface area contributed by atoms with Crippen molar-refractivity contribution in [2.45, 2.75) is 13.3 Å². The third-order valence-corrected chi connectivity index (χ3v) is 2.41. The zero-order valence-corrected chi connectivity index (χ0v) is 9.96. The molecule has 0 aliphatic rings. The van der Waals surface area contributed by atoms with Gasteiger partial charge in [0.1, 0.15) is 11.1 Å². The van der Waals surface area contributed by atoms with Gasteiger partial charge in [-0.1, -0.05) is 0 Å². The molecule has 2 aromatic heterocycles. The average molecular weight is 276 g/mol. The zero-order valence-electron chi connectivity index (χ0n) is 9.21. The predicted octanol–water partition coefficient (Wildman–Crippen LogP) is 2.73. The Balaban J connectivity index is 2.68. The molecule has 96 valence electrons. The highest BCUT2D eigenvalue weighted by Gasteiger charge is 2.26. The van der Waals surface area contributed by atoms with Crippen molar-refractivity contribution in [2.24, 2.45) is 0 Å². The molecule has 1 N–H and O–H groups in total. The van der Waals surface area contributed by atoms with E-state index in [0.717, 1.165) is 0 Å². The van der Waals surface area contributed by atoms with Crippen molar-refractivity contribution in [1.29, 1.82) is 0 Å². The molecular formula is C10H8ClF2N3O2. The minimum atomic E-state index is -2.85. The van der Waals surface area contributed by atoms with Crippen LogP contribution in [0.5, 0.6) is 0 Å². The molecule has 8 heteroatoms. The third kappa shape index (κ3) is 2.13. The molecule has 0 spiro atoms. The summed E-state index contributed by atoms with van der Waals surface area (Å²) in [6.07, 6.45) is -1.61. The van der Waals surface area contributed by atoms with Crippen LogP contribution < -0.4 is 0 Å². The van der Waals surface area contributed by atoms with Gasteiger partial charge in [-0.2, -0.15) is 0 Å². The number of carbonyl (C=O) groups excluding carboxylic acids is 1. The van der Waals surface area contributed by atoms with Crippen LogP contribution >= 0.6 is 11.6 Å². The second kappa shape index (κ2) is 4.85. The maximum absolute atomic E-state index is 12.8. The van der Waals surface area contributed by atoms with Crippen LogP contribution in [0.3, 0.4) is 0 Å². The summed E-state index contributed by atoms with van der Waals surface area (Å²) >= 11 is 5.59. The van der Waals surface area contributed by atoms with E-state index < -0.39 is 18.1 Å². The Bertz CT molecular complexity index is 600. The van der Waals surface area contributed by atoms with E-state index in [1.807, 2.05) is 0 Å². The zero-order chi connectivity index (χ0) is 13.3. The first-order chi connectivity index (χ1) is 8.54. The van der Waals surface area contributed by atoms with Crippen LogP contribution in [-0.4, -0.2) is 27.5 Å². The highest BCUT2D eigenvalue weighted by Crippen LogP contribution is 2.29. The molecule has 5 nitrogen and oxygen atoms in total. The normalized spacial score (nSPS) is 11.2. The Hall–Kier alpha value is -1.76. The van der Waals surface area contributed by atoms with E-state index in [0.29, 0.717) is 0 Å². The fraction of sp³-hybridized carbons (Fsp3) is 0.300. The summed E-state index contributed by atoms with van der Waals surface area (Å²) in [5.41, 5.74) is -0.604. The quantitative estimate of drug-likeness (QED) is 0.691. The number of ether oxygens (including phenoxy) is 1. The summed E-state index contributed by atoms with van der Waals surface area (Å²) in [5, 5.41) is -0.132. The number of aromatic amines is 1. The molecule has 0 fully saturated rings. The number of alkyl halides is 2. The average Bonchev–Trinajstić information content (AvgIpc) is 2.67. The molecule has 0 saturated heterocycles. The molecule has 2 heterocycles. The van der Waals surface area contributed by atoms with Crippen LogP contribution in [0.2, 0.25) is 5.28 Å². The lowest BCUT2D eigenvalue weighted by molar-refractivity contribution is 0.0517. The van der Waals surface area contributed by atoms with Gasteiger partial charge >= 0.3 is 5.97 Å². The number of nitrogens with one attached hydrogen (secondary N) is 1. The van der Waals surface area contributed by atoms with E-state index in [-0.39, 0.29) is 28.5 Å². The van der Waals surface area contributed by atoms with Crippen LogP contribution in [-0.2, 0) is 4.74 Å². The first-order valence-electron chi connectivity index (χ1n) is 5.04. The Morgan fingerprint density at radius 1 is 1.61 bits per heavy atom. The maximum atomic E-state index is 12.8. The highest BCUT2D eigenvalue weighted by molar-refractivity contribution is 6.28. The SMILES string of the molecule is CCOC(=O)c1c(C(F)F)[nH]c2cnc(Cl)nc12. The summed E-state index contributed by atoms with van der Waals surface area (Å²) in [5.74, 6) is -0.867. The minimum absolute atomic E-state index is 0.0313. The fourth-order valence-electron chi connectivity index (χ4n) is 1.55. The van der Waals surface area contributed by atoms with E-state index in [4.69, 9.17) is 16.3 Å². The Morgan fingerprint density at radius 2 is 2.33 bits per heavy atom. The molecule has 0 aromatic carbocycles. The Labute approximate surface area is 105 Å². The second-order valence-corrected chi connectivity index (χ2v) is 3.67. The largest absolute Gasteiger partial charge is 0.462 e. The van der Waals surface area contributed by atoms with Crippen LogP contribution in [0, 0.1) is 0 Å². The topological polar surface area (TPSA) is 67.9 Å². The van der Waals surface area contributed by atoms with Crippen molar-refractivity contribution < 1.29 is 18.3 Å². The smallest absolute Gasteiger partial charge is 0.342 e. The molecule has 0 unspecified atom stereocenters. The molecule has 0 radical (unpaired) electrons. The van der Waals surface area contributed by atoms with Crippen molar-refractivity contribution in [1.82, 2.24) is 15.0 Å². The second-order valence-electron chi connectivity index (χ2n) is 3.34. The number of nitrogens with zero attached hydrogens (tertiary/aromatic N) is 2. The van der Waals surface area contributed by atoms with Gasteiger partial charge in [0, 0.05) is 0 Å². The van der Waals surface area contributed by atoms with E-state index >= 15 is 0 Å². The van der Waals surface area contributed by atoms with Gasteiger partial charge in [-0.15, -0.1) is 0 Å². The molecule has 2 aromatic rings. The summed E-state index contributed by atoms with van der Waals surface area (Å²) in [7, 11) is 0. The van der Waals surface area contributed by atoms with Gasteiger partial charge < -0.3 is 9.72 Å². The lowest BCUT2D eigenvalue weighted by atomic mass is 10.2. The van der Waals surface area contributed by atoms with Crippen LogP contribution in [0.4, 0.5) is 8.78 Å². The molecule has 0 aliphatic heterocycles. The highest BCUT2D eigenvalue weighted by atomic mass is 35.5. The van der Waals surface area contributed by atoms with E-state index in [1.54, 1.807) is 6.92 Å². The van der Waals surface area contributed by atoms with Gasteiger partial charge in [0.05, 0.1) is 24.0 Å². The summed E-state index contributed by atoms with van der Waals surface area (Å²) in [6, 6.07) is 0. The first-order valence-corrected chi connectivity index (χ1v) is 5.41. The summed E-state index contributed by atoms with van der Waals surface area (Å²) < 4.78 is 30.4. The number of H-pyrrole nitrogens is 1. The number of hydrogen-bond donors (Lipinski definition) is 1. The van der Waals surface area contributed by atoms with Crippen LogP contribution in [0.15, 0.2) is 6.20 Å². The first kappa shape index (κ1) is 12.7. The molecule has 0 amide bonds. The molecule has 0 saturated carbocycles. The molecule has 0 bridgehead atoms. The number of esters is 1. The molecular weight excluding hydrogens is 268 g/mol. The lowest BCUT2D eigenvalue weighted by Gasteiger charge is -2.02. The van der Waals surface area contributed by atoms with Gasteiger partial charge in [-0.05, 0) is 18.5 Å². The number of halogens is 3. The lowest BCUT2D eigenvalue weighted by Crippen LogP contribution is -2.07. The standard InChI is InChI=1S/C10H8ClF2N3O2/c1-2-18-9(17)5-6-4(3-14-10(11)16-6)15-7(5)8(12)13/h3,8,15H,2H2,1H3. The van der Waals surface area contributed by atoms with Gasteiger partial charge in [-0.3, -0.25) is 0 Å². The van der Waals surface area contributed by atoms with E-state index in [1.165, 1.54) is 6.20 Å². The Morgan fingerprint density at radius 3 is 2.94 bits per heavy atom. The van der Waals surface area contributed by atoms with Crippen molar-refractivity contribution in [3.63, 3.8) is 0 Å². The van der Waals surface area contributed by atoms with Gasteiger partial charge in [-0.25, -0.2) is 23.5 Å². The van der Waals surface area contributed by atoms with Crippen molar-refractivity contribution in [3.05, 3.63) is 22.7 Å². The van der Waals surface area contributed by atoms with Crippen molar-refractivity contribution in [3.8, 4) is 0 Å². The maximum Gasteiger partial charge on any atom is 0.342 e. The molecule has 18 heavy (non-hydrogen) atoms. The fourth-order valence-corrected chi connectivity index (χ4v) is 1.68. The van der Waals surface area contributed by atoms with Gasteiger partial charge in [0.2, 0.25) is 5.28 Å². The molecule has 0 atom stereocenters. The van der Waals surface area contributed by atoms with E-state index in [2.05, 4.69) is 15.0 Å². The monoisotopic (exact) mass is 275 g/mol. The van der Waals surface area contributed by atoms with Gasteiger partial charge in [0.25, 0.3) is 6.43 Å². The van der Waals surface area contributed by atoms with Crippen molar-refractivity contribution >= 4 is 28.6 Å². The van der Waals surface area contributed by atoms with Gasteiger partial charge in [0.15, 0.2) is 0 Å². The number of hydrogen-bond acceptors (Lipinski definition) is 4. The van der Waals surface area contributed by atoms with Crippen LogP contribution in [0.1, 0.15) is 29.4 Å². The molecule has 2 rings (SSSR count). The summed E-state index contributed by atoms with van der Waals surface area (Å²) in [4.78, 5) is 21.5. The number of carbonyl (C=O) groups is 1. The van der Waals surface area contributed by atoms with Crippen LogP contribution in [0.25, 0.3) is 11.0 Å². The summed E-state index contributed by atoms with van der Waals surface area (Å²) in [6.45, 7) is 1.66. The van der Waals surface area contributed by atoms with Crippen molar-refractivity contribution in [2.75, 3.05) is 6.61 Å². The number of aromatic nitrogens is 3. The van der Waals surface area contributed by atoms with E-state index in [9.17, 15) is 13.6 Å².